The third-order valence-corrected chi connectivity index (χ3v) is 5.96. The molecule has 0 aliphatic carbocycles. The number of hydrogen-bond acceptors (Lipinski definition) is 3. The summed E-state index contributed by atoms with van der Waals surface area (Å²) in [6, 6.07) is 17.3. The normalized spacial score (nSPS) is 15.6. The summed E-state index contributed by atoms with van der Waals surface area (Å²) in [7, 11) is 0. The topological polar surface area (TPSA) is 42.3 Å². The van der Waals surface area contributed by atoms with Crippen molar-refractivity contribution < 1.29 is 9.59 Å². The molecule has 0 unspecified atom stereocenters. The van der Waals surface area contributed by atoms with Crippen molar-refractivity contribution in [3.63, 3.8) is 0 Å². The number of amides is 2. The first-order chi connectivity index (χ1) is 13.9. The van der Waals surface area contributed by atoms with Crippen LogP contribution in [0.15, 0.2) is 65.7 Å². The van der Waals surface area contributed by atoms with Crippen molar-refractivity contribution in [2.24, 2.45) is 0 Å². The van der Waals surface area contributed by atoms with E-state index in [2.05, 4.69) is 32.0 Å². The first-order valence-electron chi connectivity index (χ1n) is 9.17. The zero-order chi connectivity index (χ0) is 20.5. The molecule has 4 rings (SSSR count). The Hall–Kier alpha value is -2.76. The largest absolute Gasteiger partial charge is 0.317 e. The van der Waals surface area contributed by atoms with Crippen LogP contribution in [-0.4, -0.2) is 20.6 Å². The zero-order valence-electron chi connectivity index (χ0n) is 16.1. The van der Waals surface area contributed by atoms with Crippen LogP contribution in [0, 0.1) is 13.8 Å². The van der Waals surface area contributed by atoms with Crippen molar-refractivity contribution in [1.29, 1.82) is 0 Å². The fourth-order valence-corrected chi connectivity index (χ4v) is 4.30. The van der Waals surface area contributed by atoms with Crippen molar-refractivity contribution in [1.82, 2.24) is 9.47 Å². The van der Waals surface area contributed by atoms with Crippen LogP contribution >= 0.6 is 23.4 Å². The average molecular weight is 423 g/mol. The number of aryl methyl sites for hydroxylation is 2. The standard InChI is InChI=1S/C23H19ClN2O2S/c1-15-5-10-20(16(2)12-15)25-11-3-4-19(25)13-21-22(27)26(23(28)29-21)14-17-6-8-18(24)9-7-17/h3-13H,14H2,1-2H3/b21-13+. The predicted molar refractivity (Wildman–Crippen MR) is 118 cm³/mol. The second-order valence-electron chi connectivity index (χ2n) is 6.99. The van der Waals surface area contributed by atoms with Gasteiger partial charge in [0, 0.05) is 22.6 Å². The van der Waals surface area contributed by atoms with Crippen molar-refractivity contribution in [3.05, 3.63) is 93.1 Å². The Bertz CT molecular complexity index is 1130. The molecule has 0 bridgehead atoms. The van der Waals surface area contributed by atoms with Gasteiger partial charge in [-0.25, -0.2) is 0 Å². The summed E-state index contributed by atoms with van der Waals surface area (Å²) in [5.41, 5.74) is 5.10. The molecule has 1 aromatic heterocycles. The Morgan fingerprint density at radius 2 is 1.79 bits per heavy atom. The number of aromatic nitrogens is 1. The first kappa shape index (κ1) is 19.6. The van der Waals surface area contributed by atoms with Gasteiger partial charge in [0.1, 0.15) is 0 Å². The van der Waals surface area contributed by atoms with Crippen LogP contribution in [0.4, 0.5) is 4.79 Å². The number of hydrogen-bond donors (Lipinski definition) is 0. The number of benzene rings is 2. The van der Waals surface area contributed by atoms with Gasteiger partial charge in [-0.05, 0) is 73.1 Å². The molecule has 0 radical (unpaired) electrons. The van der Waals surface area contributed by atoms with Crippen LogP contribution in [-0.2, 0) is 11.3 Å². The van der Waals surface area contributed by atoms with Gasteiger partial charge in [0.25, 0.3) is 11.1 Å². The summed E-state index contributed by atoms with van der Waals surface area (Å²) in [5, 5.41) is 0.357. The molecule has 146 valence electrons. The fourth-order valence-electron chi connectivity index (χ4n) is 3.35. The van der Waals surface area contributed by atoms with Crippen LogP contribution in [0.3, 0.4) is 0 Å². The number of nitrogens with zero attached hydrogens (tertiary/aromatic N) is 2. The lowest BCUT2D eigenvalue weighted by Gasteiger charge is -2.13. The SMILES string of the molecule is Cc1ccc(-n2cccc2/C=C2/SC(=O)N(Cc3ccc(Cl)cc3)C2=O)c(C)c1. The van der Waals surface area contributed by atoms with Crippen LogP contribution in [0.5, 0.6) is 0 Å². The number of halogens is 1. The molecule has 0 spiro atoms. The quantitative estimate of drug-likeness (QED) is 0.485. The Morgan fingerprint density at radius 3 is 2.52 bits per heavy atom. The molecule has 1 aliphatic rings. The molecule has 1 fully saturated rings. The summed E-state index contributed by atoms with van der Waals surface area (Å²) < 4.78 is 2.03. The Morgan fingerprint density at radius 1 is 1.03 bits per heavy atom. The lowest BCUT2D eigenvalue weighted by Crippen LogP contribution is -2.27. The number of rotatable bonds is 4. The van der Waals surface area contributed by atoms with Crippen LogP contribution in [0.2, 0.25) is 5.02 Å². The summed E-state index contributed by atoms with van der Waals surface area (Å²) in [5.74, 6) is -0.275. The molecule has 6 heteroatoms. The predicted octanol–water partition coefficient (Wildman–Crippen LogP) is 5.98. The summed E-state index contributed by atoms with van der Waals surface area (Å²) >= 11 is 6.88. The second kappa shape index (κ2) is 7.93. The highest BCUT2D eigenvalue weighted by Crippen LogP contribution is 2.34. The van der Waals surface area contributed by atoms with Gasteiger partial charge in [-0.1, -0.05) is 41.4 Å². The maximum absolute atomic E-state index is 12.9. The summed E-state index contributed by atoms with van der Waals surface area (Å²) in [6.07, 6.45) is 3.74. The van der Waals surface area contributed by atoms with E-state index < -0.39 is 0 Å². The molecule has 1 aliphatic heterocycles. The maximum Gasteiger partial charge on any atom is 0.293 e. The summed E-state index contributed by atoms with van der Waals surface area (Å²) in [4.78, 5) is 27.0. The zero-order valence-corrected chi connectivity index (χ0v) is 17.6. The minimum Gasteiger partial charge on any atom is -0.317 e. The van der Waals surface area contributed by atoms with Gasteiger partial charge in [0.15, 0.2) is 0 Å². The van der Waals surface area contributed by atoms with E-state index in [0.717, 1.165) is 34.3 Å². The highest BCUT2D eigenvalue weighted by molar-refractivity contribution is 8.18. The highest BCUT2D eigenvalue weighted by Gasteiger charge is 2.35. The van der Waals surface area contributed by atoms with E-state index in [0.29, 0.717) is 9.93 Å². The van der Waals surface area contributed by atoms with E-state index >= 15 is 0 Å². The maximum atomic E-state index is 12.9. The molecule has 29 heavy (non-hydrogen) atoms. The number of carbonyl (C=O) groups excluding carboxylic acids is 2. The minimum absolute atomic E-state index is 0.233. The molecule has 0 atom stereocenters. The number of imide groups is 1. The molecule has 3 aromatic rings. The van der Waals surface area contributed by atoms with E-state index in [1.165, 1.54) is 10.5 Å². The third kappa shape index (κ3) is 4.02. The van der Waals surface area contributed by atoms with E-state index in [1.54, 1.807) is 18.2 Å². The van der Waals surface area contributed by atoms with Gasteiger partial charge in [0.05, 0.1) is 11.4 Å². The third-order valence-electron chi connectivity index (χ3n) is 4.80. The van der Waals surface area contributed by atoms with E-state index in [9.17, 15) is 9.59 Å². The van der Waals surface area contributed by atoms with Crippen LogP contribution in [0.1, 0.15) is 22.4 Å². The monoisotopic (exact) mass is 422 g/mol. The van der Waals surface area contributed by atoms with E-state index in [-0.39, 0.29) is 17.7 Å². The van der Waals surface area contributed by atoms with Gasteiger partial charge in [-0.2, -0.15) is 0 Å². The molecular formula is C23H19ClN2O2S. The van der Waals surface area contributed by atoms with Crippen molar-refractivity contribution in [2.75, 3.05) is 0 Å². The molecular weight excluding hydrogens is 404 g/mol. The second-order valence-corrected chi connectivity index (χ2v) is 8.42. The Balaban J connectivity index is 1.61. The van der Waals surface area contributed by atoms with Gasteiger partial charge in [-0.3, -0.25) is 14.5 Å². The van der Waals surface area contributed by atoms with Crippen LogP contribution < -0.4 is 0 Å². The molecule has 4 nitrogen and oxygen atoms in total. The fraction of sp³-hybridized carbons (Fsp3) is 0.130. The van der Waals surface area contributed by atoms with Gasteiger partial charge >= 0.3 is 0 Å². The number of thioether (sulfide) groups is 1. The molecule has 0 saturated carbocycles. The van der Waals surface area contributed by atoms with Crippen molar-refractivity contribution in [2.45, 2.75) is 20.4 Å². The number of carbonyl (C=O) groups is 2. The van der Waals surface area contributed by atoms with Crippen LogP contribution in [0.25, 0.3) is 11.8 Å². The molecule has 2 heterocycles. The van der Waals surface area contributed by atoms with Crippen molar-refractivity contribution >= 4 is 40.6 Å². The smallest absolute Gasteiger partial charge is 0.293 e. The van der Waals surface area contributed by atoms with Gasteiger partial charge in [-0.15, -0.1) is 0 Å². The van der Waals surface area contributed by atoms with Gasteiger partial charge in [0.2, 0.25) is 0 Å². The highest BCUT2D eigenvalue weighted by atomic mass is 35.5. The van der Waals surface area contributed by atoms with E-state index in [4.69, 9.17) is 11.6 Å². The molecule has 2 amide bonds. The molecule has 2 aromatic carbocycles. The molecule has 1 saturated heterocycles. The minimum atomic E-state index is -0.275. The van der Waals surface area contributed by atoms with Crippen molar-refractivity contribution in [3.8, 4) is 5.69 Å². The first-order valence-corrected chi connectivity index (χ1v) is 10.4. The van der Waals surface area contributed by atoms with E-state index in [1.807, 2.05) is 35.0 Å². The summed E-state index contributed by atoms with van der Waals surface area (Å²) in [6.45, 7) is 4.35. The molecule has 0 N–H and O–H groups in total. The Labute approximate surface area is 178 Å². The average Bonchev–Trinajstić information content (AvgIpc) is 3.23. The Kier molecular flexibility index (Phi) is 5.35. The lowest BCUT2D eigenvalue weighted by molar-refractivity contribution is -0.123. The van der Waals surface area contributed by atoms with Gasteiger partial charge < -0.3 is 4.57 Å². The lowest BCUT2D eigenvalue weighted by atomic mass is 10.1.